The molecule has 0 aliphatic heterocycles. The Bertz CT molecular complexity index is 596. The predicted octanol–water partition coefficient (Wildman–Crippen LogP) is 0.0197. The number of hydrogen-bond acceptors (Lipinski definition) is 5. The highest BCUT2D eigenvalue weighted by Gasteiger charge is 2.16. The van der Waals surface area contributed by atoms with E-state index < -0.39 is 27.7 Å². The van der Waals surface area contributed by atoms with E-state index >= 15 is 0 Å². The summed E-state index contributed by atoms with van der Waals surface area (Å²) in [5.41, 5.74) is 0.825. The van der Waals surface area contributed by atoms with Crippen molar-refractivity contribution in [3.63, 3.8) is 0 Å². The average Bonchev–Trinajstić information content (AvgIpc) is 2.38. The molecule has 0 aliphatic rings. The second-order valence-corrected chi connectivity index (χ2v) is 5.79. The number of sulfonamides is 1. The zero-order valence-corrected chi connectivity index (χ0v) is 11.6. The van der Waals surface area contributed by atoms with E-state index in [1.807, 2.05) is 0 Å². The van der Waals surface area contributed by atoms with E-state index in [0.717, 1.165) is 7.11 Å². The lowest BCUT2D eigenvalue weighted by molar-refractivity contribution is -0.137. The Hall–Kier alpha value is -1.93. The third-order valence-electron chi connectivity index (χ3n) is 2.45. The van der Waals surface area contributed by atoms with Crippen LogP contribution in [0.15, 0.2) is 24.3 Å². The number of carbonyl (C=O) groups is 2. The van der Waals surface area contributed by atoms with Crippen LogP contribution in [0, 0.1) is 0 Å². The number of carbonyl (C=O) groups excluding carboxylic acids is 1. The number of nitrogens with one attached hydrogen (secondary N) is 1. The van der Waals surface area contributed by atoms with Crippen LogP contribution < -0.4 is 4.72 Å². The van der Waals surface area contributed by atoms with E-state index in [1.54, 1.807) is 12.1 Å². The van der Waals surface area contributed by atoms with Gasteiger partial charge in [-0.1, -0.05) is 12.1 Å². The molecule has 0 bridgehead atoms. The molecule has 0 aromatic heterocycles. The smallest absolute Gasteiger partial charge is 0.335 e. The standard InChI is InChI=1S/C12H15NO6S/c1-19-11(14)8-20(17,18)13-6-5-9-3-2-4-10(7-9)12(15)16/h2-4,7,13H,5-6,8H2,1H3,(H,15,16). The van der Waals surface area contributed by atoms with Crippen molar-refractivity contribution in [2.45, 2.75) is 6.42 Å². The van der Waals surface area contributed by atoms with Gasteiger partial charge < -0.3 is 9.84 Å². The number of carboxylic acids is 1. The fraction of sp³-hybridized carbons (Fsp3) is 0.333. The highest BCUT2D eigenvalue weighted by Crippen LogP contribution is 2.05. The third-order valence-corrected chi connectivity index (χ3v) is 3.70. The van der Waals surface area contributed by atoms with Crippen LogP contribution in [0.2, 0.25) is 0 Å². The van der Waals surface area contributed by atoms with Crippen LogP contribution in [0.25, 0.3) is 0 Å². The summed E-state index contributed by atoms with van der Waals surface area (Å²) < 4.78 is 29.4. The molecule has 0 amide bonds. The summed E-state index contributed by atoms with van der Waals surface area (Å²) in [5, 5.41) is 8.83. The molecule has 8 heteroatoms. The van der Waals surface area contributed by atoms with Crippen LogP contribution in [-0.4, -0.2) is 44.9 Å². The van der Waals surface area contributed by atoms with Gasteiger partial charge in [-0.2, -0.15) is 0 Å². The minimum atomic E-state index is -3.73. The number of esters is 1. The van der Waals surface area contributed by atoms with Gasteiger partial charge in [0.2, 0.25) is 10.0 Å². The number of benzene rings is 1. The summed E-state index contributed by atoms with van der Waals surface area (Å²) in [6, 6.07) is 6.20. The third kappa shape index (κ3) is 5.37. The largest absolute Gasteiger partial charge is 0.478 e. The first kappa shape index (κ1) is 16.1. The van der Waals surface area contributed by atoms with E-state index in [0.29, 0.717) is 12.0 Å². The van der Waals surface area contributed by atoms with Gasteiger partial charge in [0.05, 0.1) is 12.7 Å². The van der Waals surface area contributed by atoms with Crippen LogP contribution in [-0.2, 0) is 26.0 Å². The van der Waals surface area contributed by atoms with Crippen molar-refractivity contribution in [3.8, 4) is 0 Å². The monoisotopic (exact) mass is 301 g/mol. The number of hydrogen-bond donors (Lipinski definition) is 2. The maximum absolute atomic E-state index is 11.5. The van der Waals surface area contributed by atoms with E-state index in [2.05, 4.69) is 9.46 Å². The number of carboxylic acid groups (broad SMARTS) is 1. The molecule has 1 rings (SSSR count). The average molecular weight is 301 g/mol. The Morgan fingerprint density at radius 2 is 2.05 bits per heavy atom. The van der Waals surface area contributed by atoms with Crippen molar-refractivity contribution in [1.29, 1.82) is 0 Å². The van der Waals surface area contributed by atoms with Crippen LogP contribution >= 0.6 is 0 Å². The fourth-order valence-electron chi connectivity index (χ4n) is 1.48. The molecule has 0 fully saturated rings. The molecule has 0 aliphatic carbocycles. The van der Waals surface area contributed by atoms with Crippen molar-refractivity contribution in [3.05, 3.63) is 35.4 Å². The van der Waals surface area contributed by atoms with Crippen molar-refractivity contribution >= 4 is 22.0 Å². The Morgan fingerprint density at radius 3 is 2.65 bits per heavy atom. The topological polar surface area (TPSA) is 110 Å². The first-order chi connectivity index (χ1) is 9.34. The minimum absolute atomic E-state index is 0.0718. The number of ether oxygens (including phenoxy) is 1. The molecule has 20 heavy (non-hydrogen) atoms. The van der Waals surface area contributed by atoms with Crippen LogP contribution in [0.4, 0.5) is 0 Å². The quantitative estimate of drug-likeness (QED) is 0.687. The molecule has 0 saturated carbocycles. The van der Waals surface area contributed by atoms with Gasteiger partial charge in [-0.15, -0.1) is 0 Å². The molecule has 0 radical (unpaired) electrons. The molecular weight excluding hydrogens is 286 g/mol. The molecular formula is C12H15NO6S. The van der Waals surface area contributed by atoms with Gasteiger partial charge in [-0.05, 0) is 24.1 Å². The van der Waals surface area contributed by atoms with Gasteiger partial charge in [0.15, 0.2) is 5.75 Å². The first-order valence-corrected chi connectivity index (χ1v) is 7.35. The second kappa shape index (κ2) is 7.01. The number of aromatic carboxylic acids is 1. The van der Waals surface area contributed by atoms with Gasteiger partial charge in [0.1, 0.15) is 0 Å². The first-order valence-electron chi connectivity index (χ1n) is 5.70. The lowest BCUT2D eigenvalue weighted by Gasteiger charge is -2.06. The molecule has 1 aromatic rings. The zero-order valence-electron chi connectivity index (χ0n) is 10.8. The number of methoxy groups -OCH3 is 1. The van der Waals surface area contributed by atoms with Crippen molar-refractivity contribution in [2.75, 3.05) is 19.4 Å². The molecule has 2 N–H and O–H groups in total. The van der Waals surface area contributed by atoms with Crippen LogP contribution in [0.5, 0.6) is 0 Å². The Labute approximate surface area is 116 Å². The van der Waals surface area contributed by atoms with Gasteiger partial charge in [0.25, 0.3) is 0 Å². The molecule has 1 aromatic carbocycles. The van der Waals surface area contributed by atoms with Crippen molar-refractivity contribution in [2.24, 2.45) is 0 Å². The molecule has 0 atom stereocenters. The SMILES string of the molecule is COC(=O)CS(=O)(=O)NCCc1cccc(C(=O)O)c1. The van der Waals surface area contributed by atoms with E-state index in [1.165, 1.54) is 12.1 Å². The maximum atomic E-state index is 11.5. The normalized spacial score (nSPS) is 11.1. The highest BCUT2D eigenvalue weighted by molar-refractivity contribution is 7.90. The summed E-state index contributed by atoms with van der Waals surface area (Å²) >= 11 is 0. The summed E-state index contributed by atoms with van der Waals surface area (Å²) in [5.74, 6) is -2.62. The Morgan fingerprint density at radius 1 is 1.35 bits per heavy atom. The van der Waals surface area contributed by atoms with E-state index in [9.17, 15) is 18.0 Å². The van der Waals surface area contributed by atoms with Crippen LogP contribution in [0.3, 0.4) is 0 Å². The van der Waals surface area contributed by atoms with Gasteiger partial charge >= 0.3 is 11.9 Å². The molecule has 7 nitrogen and oxygen atoms in total. The summed E-state index contributed by atoms with van der Waals surface area (Å²) in [6.45, 7) is 0.0718. The summed E-state index contributed by atoms with van der Waals surface area (Å²) in [7, 11) is -2.62. The molecule has 110 valence electrons. The Kier molecular flexibility index (Phi) is 5.66. The predicted molar refractivity (Wildman–Crippen MR) is 70.9 cm³/mol. The van der Waals surface area contributed by atoms with Crippen molar-refractivity contribution in [1.82, 2.24) is 4.72 Å². The lowest BCUT2D eigenvalue weighted by atomic mass is 10.1. The summed E-state index contributed by atoms with van der Waals surface area (Å²) in [6.07, 6.45) is 0.321. The zero-order chi connectivity index (χ0) is 15.2. The fourth-order valence-corrected chi connectivity index (χ4v) is 2.42. The van der Waals surface area contributed by atoms with Crippen LogP contribution in [0.1, 0.15) is 15.9 Å². The molecule has 0 heterocycles. The van der Waals surface area contributed by atoms with Gasteiger partial charge in [-0.25, -0.2) is 17.9 Å². The van der Waals surface area contributed by atoms with E-state index in [-0.39, 0.29) is 12.1 Å². The molecule has 0 unspecified atom stereocenters. The lowest BCUT2D eigenvalue weighted by Crippen LogP contribution is -2.32. The summed E-state index contributed by atoms with van der Waals surface area (Å²) in [4.78, 5) is 21.7. The number of rotatable bonds is 7. The van der Waals surface area contributed by atoms with Crippen molar-refractivity contribution < 1.29 is 27.9 Å². The van der Waals surface area contributed by atoms with Gasteiger partial charge in [0, 0.05) is 6.54 Å². The highest BCUT2D eigenvalue weighted by atomic mass is 32.2. The second-order valence-electron chi connectivity index (χ2n) is 3.99. The molecule has 0 saturated heterocycles. The Balaban J connectivity index is 2.54. The van der Waals surface area contributed by atoms with E-state index in [4.69, 9.17) is 5.11 Å². The minimum Gasteiger partial charge on any atom is -0.478 e. The maximum Gasteiger partial charge on any atom is 0.335 e. The molecule has 0 spiro atoms. The van der Waals surface area contributed by atoms with Gasteiger partial charge in [-0.3, -0.25) is 4.79 Å².